The van der Waals surface area contributed by atoms with Crippen molar-refractivity contribution in [2.45, 2.75) is 13.8 Å². The van der Waals surface area contributed by atoms with Gasteiger partial charge in [-0.25, -0.2) is 0 Å². The molecule has 0 bridgehead atoms. The van der Waals surface area contributed by atoms with Crippen molar-refractivity contribution >= 4 is 21.8 Å². The second kappa shape index (κ2) is 5.16. The smallest absolute Gasteiger partial charge is 0.255 e. The van der Waals surface area contributed by atoms with E-state index >= 15 is 0 Å². The molecule has 0 aliphatic carbocycles. The Morgan fingerprint density at radius 2 is 2.00 bits per heavy atom. The largest absolute Gasteiger partial charge is 0.507 e. The first-order chi connectivity index (χ1) is 7.06. The number of hydrogen-bond donors (Lipinski definition) is 2. The summed E-state index contributed by atoms with van der Waals surface area (Å²) < 4.78 is 0. The number of rotatable bonds is 3. The van der Waals surface area contributed by atoms with Crippen LogP contribution in [-0.2, 0) is 0 Å². The van der Waals surface area contributed by atoms with Gasteiger partial charge in [-0.05, 0) is 37.1 Å². The van der Waals surface area contributed by atoms with E-state index in [2.05, 4.69) is 21.2 Å². The molecule has 3 nitrogen and oxygen atoms in total. The van der Waals surface area contributed by atoms with Crippen molar-refractivity contribution in [2.75, 3.05) is 11.9 Å². The van der Waals surface area contributed by atoms with E-state index in [1.807, 2.05) is 13.8 Å². The minimum atomic E-state index is -0.241. The summed E-state index contributed by atoms with van der Waals surface area (Å²) in [5.41, 5.74) is 2.31. The zero-order chi connectivity index (χ0) is 11.4. The summed E-state index contributed by atoms with van der Waals surface area (Å²) in [6.07, 6.45) is 0. The summed E-state index contributed by atoms with van der Waals surface area (Å²) in [5.74, 6) is -0.208. The van der Waals surface area contributed by atoms with Crippen molar-refractivity contribution in [3.05, 3.63) is 28.8 Å². The van der Waals surface area contributed by atoms with Gasteiger partial charge in [0.05, 0.1) is 5.56 Å². The van der Waals surface area contributed by atoms with E-state index in [-0.39, 0.29) is 11.7 Å². The van der Waals surface area contributed by atoms with Crippen LogP contribution in [0.4, 0.5) is 0 Å². The molecule has 4 heteroatoms. The highest BCUT2D eigenvalue weighted by molar-refractivity contribution is 9.09. The van der Waals surface area contributed by atoms with Gasteiger partial charge < -0.3 is 10.4 Å². The highest BCUT2D eigenvalue weighted by Gasteiger charge is 2.11. The monoisotopic (exact) mass is 271 g/mol. The van der Waals surface area contributed by atoms with Crippen molar-refractivity contribution in [1.29, 1.82) is 0 Å². The first-order valence-corrected chi connectivity index (χ1v) is 5.82. The number of aryl methyl sites for hydroxylation is 2. The van der Waals surface area contributed by atoms with Gasteiger partial charge in [-0.2, -0.15) is 0 Å². The topological polar surface area (TPSA) is 49.3 Å². The average Bonchev–Trinajstić information content (AvgIpc) is 2.20. The van der Waals surface area contributed by atoms with Crippen LogP contribution in [0, 0.1) is 13.8 Å². The third-order valence-corrected chi connectivity index (χ3v) is 2.63. The molecule has 2 N–H and O–H groups in total. The van der Waals surface area contributed by atoms with Crippen LogP contribution in [0.25, 0.3) is 0 Å². The van der Waals surface area contributed by atoms with E-state index in [1.165, 1.54) is 0 Å². The van der Waals surface area contributed by atoms with Crippen molar-refractivity contribution in [3.63, 3.8) is 0 Å². The number of nitrogens with one attached hydrogen (secondary N) is 1. The normalized spacial score (nSPS) is 10.1. The third kappa shape index (κ3) is 2.96. The van der Waals surface area contributed by atoms with Crippen molar-refractivity contribution in [3.8, 4) is 5.75 Å². The first kappa shape index (κ1) is 12.0. The predicted octanol–water partition coefficient (Wildman–Crippen LogP) is 2.13. The molecule has 1 aromatic carbocycles. The fourth-order valence-corrected chi connectivity index (χ4v) is 1.44. The van der Waals surface area contributed by atoms with Crippen molar-refractivity contribution in [1.82, 2.24) is 5.32 Å². The SMILES string of the molecule is Cc1cc(O)c(C(=O)NCCBr)cc1C. The molecule has 0 saturated carbocycles. The summed E-state index contributed by atoms with van der Waals surface area (Å²) in [6.45, 7) is 4.36. The summed E-state index contributed by atoms with van der Waals surface area (Å²) in [7, 11) is 0. The quantitative estimate of drug-likeness (QED) is 0.828. The molecule has 82 valence electrons. The lowest BCUT2D eigenvalue weighted by Gasteiger charge is -2.08. The molecule has 0 aliphatic heterocycles. The molecule has 0 spiro atoms. The molecule has 0 aromatic heterocycles. The summed E-state index contributed by atoms with van der Waals surface area (Å²) in [5, 5.41) is 13.0. The van der Waals surface area contributed by atoms with E-state index in [9.17, 15) is 9.90 Å². The number of carbonyl (C=O) groups excluding carboxylic acids is 1. The second-order valence-electron chi connectivity index (χ2n) is 3.40. The number of phenols is 1. The Morgan fingerprint density at radius 3 is 2.60 bits per heavy atom. The number of aromatic hydroxyl groups is 1. The van der Waals surface area contributed by atoms with Crippen LogP contribution in [0.5, 0.6) is 5.75 Å². The van der Waals surface area contributed by atoms with Gasteiger partial charge in [-0.15, -0.1) is 0 Å². The number of halogens is 1. The molecule has 0 heterocycles. The zero-order valence-corrected chi connectivity index (χ0v) is 10.4. The van der Waals surface area contributed by atoms with Crippen LogP contribution in [0.1, 0.15) is 21.5 Å². The number of amides is 1. The Morgan fingerprint density at radius 1 is 1.40 bits per heavy atom. The standard InChI is InChI=1S/C11H14BrNO2/c1-7-5-9(10(14)6-8(7)2)11(15)13-4-3-12/h5-6,14H,3-4H2,1-2H3,(H,13,15). The lowest BCUT2D eigenvalue weighted by Crippen LogP contribution is -2.25. The number of phenolic OH excluding ortho intramolecular Hbond substituents is 1. The second-order valence-corrected chi connectivity index (χ2v) is 4.19. The van der Waals surface area contributed by atoms with Gasteiger partial charge in [0.25, 0.3) is 5.91 Å². The van der Waals surface area contributed by atoms with Gasteiger partial charge in [0.1, 0.15) is 5.75 Å². The maximum atomic E-state index is 11.6. The highest BCUT2D eigenvalue weighted by Crippen LogP contribution is 2.21. The molecule has 1 aromatic rings. The van der Waals surface area contributed by atoms with Gasteiger partial charge in [-0.3, -0.25) is 4.79 Å². The van der Waals surface area contributed by atoms with E-state index in [0.717, 1.165) is 11.1 Å². The Hall–Kier alpha value is -1.03. The Kier molecular flexibility index (Phi) is 4.15. The van der Waals surface area contributed by atoms with E-state index < -0.39 is 0 Å². The predicted molar refractivity (Wildman–Crippen MR) is 63.7 cm³/mol. The Bertz CT molecular complexity index is 377. The van der Waals surface area contributed by atoms with Crippen LogP contribution in [0.2, 0.25) is 0 Å². The summed E-state index contributed by atoms with van der Waals surface area (Å²) >= 11 is 3.22. The molecular formula is C11H14BrNO2. The minimum Gasteiger partial charge on any atom is -0.507 e. The Labute approximate surface area is 97.6 Å². The number of benzene rings is 1. The average molecular weight is 272 g/mol. The lowest BCUT2D eigenvalue weighted by atomic mass is 10.0. The van der Waals surface area contributed by atoms with Gasteiger partial charge in [0, 0.05) is 11.9 Å². The fourth-order valence-electron chi connectivity index (χ4n) is 1.24. The van der Waals surface area contributed by atoms with Crippen LogP contribution in [0.3, 0.4) is 0 Å². The number of alkyl halides is 1. The molecular weight excluding hydrogens is 258 g/mol. The zero-order valence-electron chi connectivity index (χ0n) is 8.80. The molecule has 0 fully saturated rings. The highest BCUT2D eigenvalue weighted by atomic mass is 79.9. The maximum absolute atomic E-state index is 11.6. The van der Waals surface area contributed by atoms with Gasteiger partial charge in [0.2, 0.25) is 0 Å². The molecule has 0 atom stereocenters. The van der Waals surface area contributed by atoms with Crippen LogP contribution < -0.4 is 5.32 Å². The lowest BCUT2D eigenvalue weighted by molar-refractivity contribution is 0.0953. The van der Waals surface area contributed by atoms with Crippen LogP contribution in [0.15, 0.2) is 12.1 Å². The van der Waals surface area contributed by atoms with E-state index in [0.29, 0.717) is 17.4 Å². The molecule has 0 radical (unpaired) electrons. The fraction of sp³-hybridized carbons (Fsp3) is 0.364. The van der Waals surface area contributed by atoms with Gasteiger partial charge in [0.15, 0.2) is 0 Å². The van der Waals surface area contributed by atoms with Crippen LogP contribution in [-0.4, -0.2) is 22.9 Å². The van der Waals surface area contributed by atoms with E-state index in [1.54, 1.807) is 12.1 Å². The maximum Gasteiger partial charge on any atom is 0.255 e. The van der Waals surface area contributed by atoms with Gasteiger partial charge >= 0.3 is 0 Å². The van der Waals surface area contributed by atoms with Crippen molar-refractivity contribution in [2.24, 2.45) is 0 Å². The molecule has 15 heavy (non-hydrogen) atoms. The molecule has 0 unspecified atom stereocenters. The molecule has 1 rings (SSSR count). The van der Waals surface area contributed by atoms with Crippen molar-refractivity contribution < 1.29 is 9.90 Å². The number of hydrogen-bond acceptors (Lipinski definition) is 2. The molecule has 0 aliphatic rings. The number of carbonyl (C=O) groups is 1. The van der Waals surface area contributed by atoms with E-state index in [4.69, 9.17) is 0 Å². The van der Waals surface area contributed by atoms with Crippen LogP contribution >= 0.6 is 15.9 Å². The first-order valence-electron chi connectivity index (χ1n) is 4.70. The third-order valence-electron chi connectivity index (χ3n) is 2.24. The molecule has 0 saturated heterocycles. The summed E-state index contributed by atoms with van der Waals surface area (Å²) in [6, 6.07) is 3.31. The summed E-state index contributed by atoms with van der Waals surface area (Å²) in [4.78, 5) is 11.6. The molecule has 1 amide bonds. The minimum absolute atomic E-state index is 0.0326. The Balaban J connectivity index is 2.94. The van der Waals surface area contributed by atoms with Gasteiger partial charge in [-0.1, -0.05) is 15.9 Å².